The van der Waals surface area contributed by atoms with Crippen LogP contribution in [-0.4, -0.2) is 29.5 Å². The van der Waals surface area contributed by atoms with Crippen molar-refractivity contribution in [1.82, 2.24) is 29.5 Å². The van der Waals surface area contributed by atoms with Gasteiger partial charge in [0.25, 0.3) is 0 Å². The van der Waals surface area contributed by atoms with Crippen molar-refractivity contribution in [2.45, 2.75) is 0 Å². The van der Waals surface area contributed by atoms with Gasteiger partial charge in [-0.1, -0.05) is 109 Å². The third-order valence-corrected chi connectivity index (χ3v) is 9.93. The topological polar surface area (TPSA) is 95.7 Å². The van der Waals surface area contributed by atoms with Crippen LogP contribution < -0.4 is 0 Å². The molecule has 0 aliphatic heterocycles. The van der Waals surface area contributed by atoms with E-state index in [1.165, 1.54) is 0 Å². The molecule has 11 aromatic rings. The lowest BCUT2D eigenvalue weighted by molar-refractivity contribution is 0.574. The lowest BCUT2D eigenvalue weighted by Gasteiger charge is -2.08. The van der Waals surface area contributed by atoms with Crippen molar-refractivity contribution in [1.29, 1.82) is 0 Å². The van der Waals surface area contributed by atoms with Gasteiger partial charge in [-0.25, -0.2) is 19.9 Å². The van der Waals surface area contributed by atoms with Crippen LogP contribution in [0.2, 0.25) is 0 Å². The molecule has 7 aromatic carbocycles. The Labute approximate surface area is 314 Å². The van der Waals surface area contributed by atoms with E-state index < -0.39 is 0 Å². The molecule has 258 valence electrons. The van der Waals surface area contributed by atoms with Crippen molar-refractivity contribution in [2.75, 3.05) is 0 Å². The highest BCUT2D eigenvalue weighted by Crippen LogP contribution is 2.37. The summed E-state index contributed by atoms with van der Waals surface area (Å²) in [5.74, 6) is 2.31. The molecule has 4 aromatic heterocycles. The first-order chi connectivity index (χ1) is 27.2. The average molecular weight is 709 g/mol. The standard InChI is InChI=1S/C47H28N6O2/c1-3-12-29(13-4-1)43-50-44(30-14-5-2-6-15-30)52-45(51-43)33-23-25-42-38(28-33)48-46(54-42)34-17-11-16-31(26-34)32-22-24-40-36(27-32)35-18-7-9-20-39(35)53(40)47-49-37-19-8-10-21-41(37)55-47/h1-28H. The molecule has 8 heteroatoms. The first-order valence-corrected chi connectivity index (χ1v) is 18.0. The van der Waals surface area contributed by atoms with Gasteiger partial charge in [0.1, 0.15) is 11.0 Å². The fourth-order valence-corrected chi connectivity index (χ4v) is 7.27. The smallest absolute Gasteiger partial charge is 0.307 e. The fraction of sp³-hybridized carbons (Fsp3) is 0. The minimum Gasteiger partial charge on any atom is -0.436 e. The molecular weight excluding hydrogens is 681 g/mol. The van der Waals surface area contributed by atoms with Gasteiger partial charge in [-0.2, -0.15) is 4.98 Å². The molecule has 0 fully saturated rings. The van der Waals surface area contributed by atoms with Crippen molar-refractivity contribution >= 4 is 44.0 Å². The van der Waals surface area contributed by atoms with E-state index in [1.807, 2.05) is 121 Å². The SMILES string of the molecule is c1ccc(-c2nc(-c3ccccc3)nc(-c3ccc4oc(-c5cccc(-c6ccc7c(c6)c6ccccc6n7-c6nc7ccccc7o6)c5)nc4c3)n2)cc1. The predicted octanol–water partition coefficient (Wildman–Crippen LogP) is 11.6. The minimum atomic E-state index is 0.535. The molecule has 0 bridgehead atoms. The summed E-state index contributed by atoms with van der Waals surface area (Å²) >= 11 is 0. The van der Waals surface area contributed by atoms with Gasteiger partial charge in [0, 0.05) is 33.0 Å². The van der Waals surface area contributed by atoms with E-state index in [9.17, 15) is 0 Å². The molecule has 0 unspecified atom stereocenters. The maximum atomic E-state index is 6.34. The van der Waals surface area contributed by atoms with E-state index in [1.54, 1.807) is 0 Å². The van der Waals surface area contributed by atoms with E-state index in [2.05, 4.69) is 53.1 Å². The van der Waals surface area contributed by atoms with Crippen LogP contribution in [0.1, 0.15) is 0 Å². The zero-order chi connectivity index (χ0) is 36.3. The Morgan fingerprint density at radius 1 is 0.345 bits per heavy atom. The molecule has 0 amide bonds. The van der Waals surface area contributed by atoms with Gasteiger partial charge in [0.2, 0.25) is 5.89 Å². The normalized spacial score (nSPS) is 11.6. The fourth-order valence-electron chi connectivity index (χ4n) is 7.27. The molecule has 0 N–H and O–H groups in total. The maximum absolute atomic E-state index is 6.34. The summed E-state index contributed by atoms with van der Waals surface area (Å²) in [4.78, 5) is 24.4. The molecule has 0 saturated heterocycles. The Hall–Kier alpha value is -7.71. The van der Waals surface area contributed by atoms with Gasteiger partial charge in [0.05, 0.1) is 11.0 Å². The van der Waals surface area contributed by atoms with Crippen LogP contribution >= 0.6 is 0 Å². The highest BCUT2D eigenvalue weighted by molar-refractivity contribution is 6.10. The van der Waals surface area contributed by atoms with E-state index in [-0.39, 0.29) is 0 Å². The molecule has 4 heterocycles. The van der Waals surface area contributed by atoms with Crippen LogP contribution in [0.3, 0.4) is 0 Å². The third-order valence-electron chi connectivity index (χ3n) is 9.93. The highest BCUT2D eigenvalue weighted by Gasteiger charge is 2.19. The average Bonchev–Trinajstić information content (AvgIpc) is 3.97. The highest BCUT2D eigenvalue weighted by atomic mass is 16.4. The summed E-state index contributed by atoms with van der Waals surface area (Å²) in [6.45, 7) is 0. The number of aromatic nitrogens is 6. The van der Waals surface area contributed by atoms with Crippen molar-refractivity contribution in [3.05, 3.63) is 170 Å². The Balaban J connectivity index is 0.966. The van der Waals surface area contributed by atoms with Gasteiger partial charge >= 0.3 is 6.01 Å². The molecule has 0 aliphatic carbocycles. The molecule has 55 heavy (non-hydrogen) atoms. The largest absolute Gasteiger partial charge is 0.436 e. The minimum absolute atomic E-state index is 0.535. The number of hydrogen-bond acceptors (Lipinski definition) is 7. The zero-order valence-electron chi connectivity index (χ0n) is 29.2. The Kier molecular flexibility index (Phi) is 6.99. The quantitative estimate of drug-likeness (QED) is 0.170. The van der Waals surface area contributed by atoms with E-state index in [4.69, 9.17) is 33.8 Å². The second kappa shape index (κ2) is 12.5. The lowest BCUT2D eigenvalue weighted by Crippen LogP contribution is -2.00. The van der Waals surface area contributed by atoms with E-state index >= 15 is 0 Å². The Bertz CT molecular complexity index is 3130. The molecule has 0 atom stereocenters. The third kappa shape index (κ3) is 5.35. The monoisotopic (exact) mass is 708 g/mol. The summed E-state index contributed by atoms with van der Waals surface area (Å²) in [5.41, 5.74) is 10.7. The Morgan fingerprint density at radius 3 is 1.73 bits per heavy atom. The van der Waals surface area contributed by atoms with Crippen LogP contribution in [-0.2, 0) is 0 Å². The number of oxazole rings is 2. The first-order valence-electron chi connectivity index (χ1n) is 18.0. The lowest BCUT2D eigenvalue weighted by atomic mass is 10.0. The molecule has 0 aliphatic rings. The van der Waals surface area contributed by atoms with Crippen molar-refractivity contribution in [3.8, 4) is 62.8 Å². The van der Waals surface area contributed by atoms with Crippen LogP contribution in [0, 0.1) is 0 Å². The van der Waals surface area contributed by atoms with Gasteiger partial charge in [-0.15, -0.1) is 0 Å². The number of rotatable bonds is 6. The van der Waals surface area contributed by atoms with Crippen molar-refractivity contribution in [2.24, 2.45) is 0 Å². The van der Waals surface area contributed by atoms with E-state index in [0.29, 0.717) is 40.5 Å². The predicted molar refractivity (Wildman–Crippen MR) is 216 cm³/mol. The number of para-hydroxylation sites is 3. The number of fused-ring (bicyclic) bond motifs is 5. The summed E-state index contributed by atoms with van der Waals surface area (Å²) < 4.78 is 14.7. The molecule has 0 saturated carbocycles. The van der Waals surface area contributed by atoms with Crippen molar-refractivity contribution in [3.63, 3.8) is 0 Å². The van der Waals surface area contributed by atoms with Gasteiger partial charge in [0.15, 0.2) is 28.6 Å². The van der Waals surface area contributed by atoms with Crippen LogP contribution in [0.4, 0.5) is 0 Å². The maximum Gasteiger partial charge on any atom is 0.307 e. The molecular formula is C47H28N6O2. The molecule has 8 nitrogen and oxygen atoms in total. The first kappa shape index (κ1) is 30.9. The van der Waals surface area contributed by atoms with Gasteiger partial charge in [-0.3, -0.25) is 4.57 Å². The molecule has 0 radical (unpaired) electrons. The van der Waals surface area contributed by atoms with Crippen LogP contribution in [0.5, 0.6) is 0 Å². The number of nitrogens with zero attached hydrogens (tertiary/aromatic N) is 6. The van der Waals surface area contributed by atoms with Crippen molar-refractivity contribution < 1.29 is 8.83 Å². The number of benzene rings is 7. The molecule has 11 rings (SSSR count). The molecule has 0 spiro atoms. The second-order valence-electron chi connectivity index (χ2n) is 13.4. The summed E-state index contributed by atoms with van der Waals surface area (Å²) in [6.07, 6.45) is 0. The number of hydrogen-bond donors (Lipinski definition) is 0. The van der Waals surface area contributed by atoms with E-state index in [0.717, 1.165) is 66.3 Å². The van der Waals surface area contributed by atoms with Crippen LogP contribution in [0.25, 0.3) is 107 Å². The summed E-state index contributed by atoms with van der Waals surface area (Å²) in [6, 6.07) is 57.4. The summed E-state index contributed by atoms with van der Waals surface area (Å²) in [5, 5.41) is 2.23. The van der Waals surface area contributed by atoms with Crippen LogP contribution in [0.15, 0.2) is 179 Å². The van der Waals surface area contributed by atoms with Gasteiger partial charge < -0.3 is 8.83 Å². The zero-order valence-corrected chi connectivity index (χ0v) is 29.2. The summed E-state index contributed by atoms with van der Waals surface area (Å²) in [7, 11) is 0. The second-order valence-corrected chi connectivity index (χ2v) is 13.4. The Morgan fingerprint density at radius 2 is 0.945 bits per heavy atom. The van der Waals surface area contributed by atoms with Gasteiger partial charge in [-0.05, 0) is 71.8 Å².